The van der Waals surface area contributed by atoms with Gasteiger partial charge in [0.15, 0.2) is 6.04 Å². The highest BCUT2D eigenvalue weighted by Crippen LogP contribution is 2.07. The third kappa shape index (κ3) is 4.47. The van der Waals surface area contributed by atoms with Crippen molar-refractivity contribution in [1.82, 2.24) is 10.2 Å². The molecule has 1 aliphatic heterocycles. The van der Waals surface area contributed by atoms with Crippen LogP contribution in [0.1, 0.15) is 0 Å². The SMILES string of the molecule is NS(=O)(=O)CCNC(=O)N1CCOCC1C(=O)O. The molecular weight excluding hydrogens is 266 g/mol. The van der Waals surface area contributed by atoms with Crippen LogP contribution in [0.5, 0.6) is 0 Å². The number of urea groups is 1. The Hall–Kier alpha value is -1.39. The van der Waals surface area contributed by atoms with Crippen molar-refractivity contribution in [3.05, 3.63) is 0 Å². The van der Waals surface area contributed by atoms with Gasteiger partial charge in [0.05, 0.1) is 19.0 Å². The van der Waals surface area contributed by atoms with Crippen LogP contribution in [0.4, 0.5) is 4.79 Å². The number of carboxylic acids is 1. The molecule has 0 bridgehead atoms. The van der Waals surface area contributed by atoms with Crippen molar-refractivity contribution in [2.45, 2.75) is 6.04 Å². The van der Waals surface area contributed by atoms with E-state index in [1.807, 2.05) is 0 Å². The third-order valence-electron chi connectivity index (χ3n) is 2.34. The minimum absolute atomic E-state index is 0.0854. The summed E-state index contributed by atoms with van der Waals surface area (Å²) in [4.78, 5) is 23.6. The van der Waals surface area contributed by atoms with Crippen molar-refractivity contribution >= 4 is 22.0 Å². The number of sulfonamides is 1. The lowest BCUT2D eigenvalue weighted by molar-refractivity contribution is -0.147. The Morgan fingerprint density at radius 2 is 2.17 bits per heavy atom. The quantitative estimate of drug-likeness (QED) is 0.533. The van der Waals surface area contributed by atoms with E-state index in [0.29, 0.717) is 0 Å². The molecule has 0 saturated carbocycles. The molecule has 9 nitrogen and oxygen atoms in total. The van der Waals surface area contributed by atoms with E-state index in [1.54, 1.807) is 0 Å². The number of carboxylic acid groups (broad SMARTS) is 1. The molecule has 1 rings (SSSR count). The number of ether oxygens (including phenoxy) is 1. The van der Waals surface area contributed by atoms with Crippen molar-refractivity contribution in [2.75, 3.05) is 32.1 Å². The molecule has 0 spiro atoms. The summed E-state index contributed by atoms with van der Waals surface area (Å²) in [5.41, 5.74) is 0. The summed E-state index contributed by atoms with van der Waals surface area (Å²) in [5.74, 6) is -1.57. The Bertz CT molecular complexity index is 423. The average Bonchev–Trinajstić information content (AvgIpc) is 2.27. The molecule has 1 saturated heterocycles. The van der Waals surface area contributed by atoms with Crippen molar-refractivity contribution in [2.24, 2.45) is 5.14 Å². The standard InChI is InChI=1S/C8H15N3O6S/c9-18(15,16)4-1-10-8(14)11-2-3-17-5-6(11)7(12)13/h6H,1-5H2,(H,10,14)(H,12,13)(H2,9,15,16). The number of hydrogen-bond acceptors (Lipinski definition) is 5. The molecule has 1 fully saturated rings. The summed E-state index contributed by atoms with van der Waals surface area (Å²) >= 11 is 0. The van der Waals surface area contributed by atoms with E-state index in [4.69, 9.17) is 15.0 Å². The van der Waals surface area contributed by atoms with Crippen molar-refractivity contribution in [3.63, 3.8) is 0 Å². The topological polar surface area (TPSA) is 139 Å². The number of hydrogen-bond donors (Lipinski definition) is 3. The average molecular weight is 281 g/mol. The van der Waals surface area contributed by atoms with E-state index in [1.165, 1.54) is 0 Å². The number of carbonyl (C=O) groups is 2. The Morgan fingerprint density at radius 3 is 2.72 bits per heavy atom. The summed E-state index contributed by atoms with van der Waals surface area (Å²) in [7, 11) is -3.65. The maximum absolute atomic E-state index is 11.7. The number of carbonyl (C=O) groups excluding carboxylic acids is 1. The first-order chi connectivity index (χ1) is 8.31. The number of primary sulfonamides is 1. The molecular formula is C8H15N3O6S. The minimum atomic E-state index is -3.65. The van der Waals surface area contributed by atoms with Gasteiger partial charge in [-0.1, -0.05) is 0 Å². The molecule has 0 aromatic rings. The lowest BCUT2D eigenvalue weighted by atomic mass is 10.2. The molecule has 0 radical (unpaired) electrons. The predicted octanol–water partition coefficient (Wildman–Crippen LogP) is -2.23. The van der Waals surface area contributed by atoms with Gasteiger partial charge in [0, 0.05) is 13.1 Å². The second-order valence-corrected chi connectivity index (χ2v) is 5.46. The van der Waals surface area contributed by atoms with Gasteiger partial charge in [-0.25, -0.2) is 23.1 Å². The van der Waals surface area contributed by atoms with Crippen LogP contribution in [0.25, 0.3) is 0 Å². The molecule has 1 heterocycles. The second-order valence-electron chi connectivity index (χ2n) is 3.72. The first-order valence-corrected chi connectivity index (χ1v) is 6.88. The second kappa shape index (κ2) is 5.98. The normalized spacial score (nSPS) is 20.5. The molecule has 2 amide bonds. The first-order valence-electron chi connectivity index (χ1n) is 5.17. The van der Waals surface area contributed by atoms with Crippen LogP contribution in [0.15, 0.2) is 0 Å². The van der Waals surface area contributed by atoms with Gasteiger partial charge in [0.2, 0.25) is 10.0 Å². The smallest absolute Gasteiger partial charge is 0.328 e. The van der Waals surface area contributed by atoms with E-state index in [-0.39, 0.29) is 26.3 Å². The largest absolute Gasteiger partial charge is 0.480 e. The lowest BCUT2D eigenvalue weighted by Gasteiger charge is -2.32. The molecule has 104 valence electrons. The highest BCUT2D eigenvalue weighted by Gasteiger charge is 2.32. The van der Waals surface area contributed by atoms with Gasteiger partial charge in [-0.15, -0.1) is 0 Å². The van der Waals surface area contributed by atoms with E-state index < -0.39 is 33.8 Å². The molecule has 1 aliphatic rings. The van der Waals surface area contributed by atoms with Gasteiger partial charge in [-0.3, -0.25) is 0 Å². The van der Waals surface area contributed by atoms with Gasteiger partial charge in [-0.05, 0) is 0 Å². The van der Waals surface area contributed by atoms with E-state index >= 15 is 0 Å². The van der Waals surface area contributed by atoms with Gasteiger partial charge in [-0.2, -0.15) is 0 Å². The number of aliphatic carboxylic acids is 1. The van der Waals surface area contributed by atoms with Crippen LogP contribution < -0.4 is 10.5 Å². The summed E-state index contributed by atoms with van der Waals surface area (Å²) in [5, 5.41) is 16.0. The zero-order valence-electron chi connectivity index (χ0n) is 9.53. The van der Waals surface area contributed by atoms with Crippen molar-refractivity contribution in [1.29, 1.82) is 0 Å². The number of morpholine rings is 1. The summed E-state index contributed by atoms with van der Waals surface area (Å²) < 4.78 is 26.3. The van der Waals surface area contributed by atoms with Crippen LogP contribution in [-0.4, -0.2) is 68.5 Å². The van der Waals surface area contributed by atoms with Crippen LogP contribution in [-0.2, 0) is 19.6 Å². The summed E-state index contributed by atoms with van der Waals surface area (Å²) in [6.45, 7) is 0.129. The number of nitrogens with two attached hydrogens (primary N) is 1. The maximum Gasteiger partial charge on any atom is 0.328 e. The number of nitrogens with one attached hydrogen (secondary N) is 1. The highest BCUT2D eigenvalue weighted by molar-refractivity contribution is 7.89. The zero-order chi connectivity index (χ0) is 13.8. The molecule has 1 unspecified atom stereocenters. The van der Waals surface area contributed by atoms with Crippen molar-refractivity contribution in [3.8, 4) is 0 Å². The number of nitrogens with zero attached hydrogens (tertiary/aromatic N) is 1. The van der Waals surface area contributed by atoms with Gasteiger partial charge in [0.25, 0.3) is 0 Å². The molecule has 0 aromatic carbocycles. The highest BCUT2D eigenvalue weighted by atomic mass is 32.2. The van der Waals surface area contributed by atoms with Gasteiger partial charge >= 0.3 is 12.0 Å². The Labute approximate surface area is 104 Å². The van der Waals surface area contributed by atoms with Crippen LogP contribution in [0, 0.1) is 0 Å². The summed E-state index contributed by atoms with van der Waals surface area (Å²) in [6, 6.07) is -1.71. The molecule has 0 aliphatic carbocycles. The maximum atomic E-state index is 11.7. The van der Waals surface area contributed by atoms with Gasteiger partial charge in [0.1, 0.15) is 0 Å². The molecule has 4 N–H and O–H groups in total. The van der Waals surface area contributed by atoms with E-state index in [0.717, 1.165) is 4.90 Å². The first kappa shape index (κ1) is 14.7. The van der Waals surface area contributed by atoms with Crippen LogP contribution in [0.3, 0.4) is 0 Å². The third-order valence-corrected chi connectivity index (χ3v) is 3.11. The van der Waals surface area contributed by atoms with E-state index in [9.17, 15) is 18.0 Å². The van der Waals surface area contributed by atoms with Gasteiger partial charge < -0.3 is 20.1 Å². The molecule has 1 atom stereocenters. The number of amides is 2. The fraction of sp³-hybridized carbons (Fsp3) is 0.750. The van der Waals surface area contributed by atoms with E-state index in [2.05, 4.69) is 5.32 Å². The Morgan fingerprint density at radius 1 is 1.50 bits per heavy atom. The van der Waals surface area contributed by atoms with Crippen LogP contribution in [0.2, 0.25) is 0 Å². The summed E-state index contributed by atoms with van der Waals surface area (Å²) in [6.07, 6.45) is 0. The van der Waals surface area contributed by atoms with Crippen LogP contribution >= 0.6 is 0 Å². The Kier molecular flexibility index (Phi) is 4.87. The molecule has 0 aromatic heterocycles. The fourth-order valence-corrected chi connectivity index (χ4v) is 1.84. The lowest BCUT2D eigenvalue weighted by Crippen LogP contribution is -2.56. The monoisotopic (exact) mass is 281 g/mol. The van der Waals surface area contributed by atoms with Crippen molar-refractivity contribution < 1.29 is 27.9 Å². The number of rotatable bonds is 4. The predicted molar refractivity (Wildman–Crippen MR) is 60.3 cm³/mol. The Balaban J connectivity index is 2.51. The zero-order valence-corrected chi connectivity index (χ0v) is 10.4. The fourth-order valence-electron chi connectivity index (χ4n) is 1.45. The molecule has 18 heavy (non-hydrogen) atoms. The minimum Gasteiger partial charge on any atom is -0.480 e. The molecule has 10 heteroatoms.